The van der Waals surface area contributed by atoms with E-state index >= 15 is 0 Å². The van der Waals surface area contributed by atoms with Crippen LogP contribution >= 0.6 is 0 Å². The summed E-state index contributed by atoms with van der Waals surface area (Å²) in [5.41, 5.74) is 1.21. The Kier molecular flexibility index (Phi) is 3.61. The Balaban J connectivity index is 1.76. The molecule has 1 atom stereocenters. The van der Waals surface area contributed by atoms with E-state index in [1.165, 1.54) is 12.8 Å². The van der Waals surface area contributed by atoms with E-state index in [-0.39, 0.29) is 10.6 Å². The summed E-state index contributed by atoms with van der Waals surface area (Å²) in [5.74, 6) is 0.544. The average molecular weight is 313 g/mol. The zero-order chi connectivity index (χ0) is 15.8. The third kappa shape index (κ3) is 2.74. The number of pyridine rings is 1. The summed E-state index contributed by atoms with van der Waals surface area (Å²) in [6.07, 6.45) is 6.78. The van der Waals surface area contributed by atoms with E-state index in [9.17, 15) is 10.1 Å². The van der Waals surface area contributed by atoms with Gasteiger partial charge in [0.25, 0.3) is 5.69 Å². The van der Waals surface area contributed by atoms with Crippen molar-refractivity contribution in [3.05, 3.63) is 40.7 Å². The van der Waals surface area contributed by atoms with Crippen molar-refractivity contribution in [2.24, 2.45) is 5.92 Å². The lowest BCUT2D eigenvalue weighted by atomic mass is 10.0. The second-order valence-corrected chi connectivity index (χ2v) is 6.40. The number of non-ortho nitro benzene ring substituents is 1. The highest BCUT2D eigenvalue weighted by Crippen LogP contribution is 2.39. The minimum Gasteiger partial charge on any atom is -0.381 e. The van der Waals surface area contributed by atoms with Crippen molar-refractivity contribution in [2.75, 3.05) is 24.7 Å². The SMILES string of the molecule is O=[N+]([O-])c1ccc(N(C[C@@H]2CCOC2)C2CC2)c2ccncc12. The van der Waals surface area contributed by atoms with Gasteiger partial charge in [0.1, 0.15) is 0 Å². The molecule has 0 bridgehead atoms. The van der Waals surface area contributed by atoms with E-state index < -0.39 is 0 Å². The van der Waals surface area contributed by atoms with Gasteiger partial charge in [0, 0.05) is 54.6 Å². The molecular formula is C17H19N3O3. The van der Waals surface area contributed by atoms with Gasteiger partial charge in [-0.05, 0) is 31.4 Å². The Hall–Kier alpha value is -2.21. The van der Waals surface area contributed by atoms with Crippen LogP contribution in [0.3, 0.4) is 0 Å². The maximum absolute atomic E-state index is 11.3. The molecule has 1 aromatic heterocycles. The zero-order valence-corrected chi connectivity index (χ0v) is 12.9. The monoisotopic (exact) mass is 313 g/mol. The molecule has 4 rings (SSSR count). The quantitative estimate of drug-likeness (QED) is 0.626. The summed E-state index contributed by atoms with van der Waals surface area (Å²) in [5, 5.41) is 12.8. The van der Waals surface area contributed by atoms with Crippen molar-refractivity contribution in [1.29, 1.82) is 0 Å². The molecule has 0 unspecified atom stereocenters. The van der Waals surface area contributed by atoms with Gasteiger partial charge in [-0.1, -0.05) is 0 Å². The van der Waals surface area contributed by atoms with Gasteiger partial charge in [0.2, 0.25) is 0 Å². The number of fused-ring (bicyclic) bond motifs is 1. The highest BCUT2D eigenvalue weighted by molar-refractivity contribution is 5.99. The van der Waals surface area contributed by atoms with Crippen LogP contribution in [-0.4, -0.2) is 35.7 Å². The largest absolute Gasteiger partial charge is 0.381 e. The van der Waals surface area contributed by atoms with Crippen LogP contribution in [0.25, 0.3) is 10.8 Å². The van der Waals surface area contributed by atoms with E-state index in [2.05, 4.69) is 9.88 Å². The lowest BCUT2D eigenvalue weighted by Crippen LogP contribution is -2.32. The summed E-state index contributed by atoms with van der Waals surface area (Å²) < 4.78 is 5.51. The highest BCUT2D eigenvalue weighted by atomic mass is 16.6. The Morgan fingerprint density at radius 1 is 1.26 bits per heavy atom. The van der Waals surface area contributed by atoms with E-state index in [1.54, 1.807) is 18.5 Å². The molecular weight excluding hydrogens is 294 g/mol. The number of hydrogen-bond donors (Lipinski definition) is 0. The van der Waals surface area contributed by atoms with Gasteiger partial charge in [0.15, 0.2) is 0 Å². The molecule has 2 fully saturated rings. The lowest BCUT2D eigenvalue weighted by molar-refractivity contribution is -0.383. The topological polar surface area (TPSA) is 68.5 Å². The number of rotatable bonds is 5. The smallest absolute Gasteiger partial charge is 0.278 e. The Labute approximate surface area is 134 Å². The molecule has 1 aliphatic carbocycles. The number of nitrogens with zero attached hydrogens (tertiary/aromatic N) is 3. The van der Waals surface area contributed by atoms with Gasteiger partial charge >= 0.3 is 0 Å². The number of anilines is 1. The molecule has 2 heterocycles. The average Bonchev–Trinajstić information content (AvgIpc) is 3.28. The second-order valence-electron chi connectivity index (χ2n) is 6.40. The van der Waals surface area contributed by atoms with Crippen LogP contribution in [0.15, 0.2) is 30.6 Å². The molecule has 0 N–H and O–H groups in total. The highest BCUT2D eigenvalue weighted by Gasteiger charge is 2.33. The minimum absolute atomic E-state index is 0.122. The molecule has 0 spiro atoms. The fourth-order valence-electron chi connectivity index (χ4n) is 3.40. The Morgan fingerprint density at radius 3 is 2.83 bits per heavy atom. The van der Waals surface area contributed by atoms with Crippen molar-refractivity contribution >= 4 is 22.1 Å². The molecule has 1 saturated heterocycles. The molecule has 2 aliphatic rings. The van der Waals surface area contributed by atoms with E-state index in [0.717, 1.165) is 37.3 Å². The van der Waals surface area contributed by atoms with Crippen LogP contribution in [-0.2, 0) is 4.74 Å². The van der Waals surface area contributed by atoms with Crippen LogP contribution < -0.4 is 4.90 Å². The summed E-state index contributed by atoms with van der Waals surface area (Å²) in [4.78, 5) is 17.4. The summed E-state index contributed by atoms with van der Waals surface area (Å²) >= 11 is 0. The first-order valence-electron chi connectivity index (χ1n) is 8.09. The molecule has 120 valence electrons. The Bertz CT molecular complexity index is 739. The zero-order valence-electron chi connectivity index (χ0n) is 12.9. The van der Waals surface area contributed by atoms with Crippen molar-refractivity contribution in [3.63, 3.8) is 0 Å². The number of nitro groups is 1. The first kappa shape index (κ1) is 14.4. The standard InChI is InChI=1S/C17H19N3O3/c21-20(22)17-4-3-16(14-5-7-18-9-15(14)17)19(13-1-2-13)10-12-6-8-23-11-12/h3-5,7,9,12-13H,1-2,6,8,10-11H2/t12-/m0/s1. The summed E-state index contributed by atoms with van der Waals surface area (Å²) in [7, 11) is 0. The van der Waals surface area contributed by atoms with Gasteiger partial charge < -0.3 is 9.64 Å². The van der Waals surface area contributed by atoms with Crippen molar-refractivity contribution in [3.8, 4) is 0 Å². The molecule has 1 aromatic carbocycles. The number of ether oxygens (including phenoxy) is 1. The van der Waals surface area contributed by atoms with Crippen LogP contribution in [0.1, 0.15) is 19.3 Å². The fourth-order valence-corrected chi connectivity index (χ4v) is 3.40. The minimum atomic E-state index is -0.333. The summed E-state index contributed by atoms with van der Waals surface area (Å²) in [6, 6.07) is 5.94. The molecule has 0 radical (unpaired) electrons. The summed E-state index contributed by atoms with van der Waals surface area (Å²) in [6.45, 7) is 2.61. The maximum Gasteiger partial charge on any atom is 0.278 e. The third-order valence-electron chi connectivity index (χ3n) is 4.74. The third-order valence-corrected chi connectivity index (χ3v) is 4.74. The normalized spacial score (nSPS) is 20.8. The maximum atomic E-state index is 11.3. The molecule has 6 heteroatoms. The predicted molar refractivity (Wildman–Crippen MR) is 87.7 cm³/mol. The molecule has 2 aromatic rings. The fraction of sp³-hybridized carbons (Fsp3) is 0.471. The number of hydrogen-bond acceptors (Lipinski definition) is 5. The lowest BCUT2D eigenvalue weighted by Gasteiger charge is -2.28. The number of nitro benzene ring substituents is 1. The molecule has 1 saturated carbocycles. The van der Waals surface area contributed by atoms with Crippen LogP contribution in [0, 0.1) is 16.0 Å². The van der Waals surface area contributed by atoms with Crippen LogP contribution in [0.2, 0.25) is 0 Å². The van der Waals surface area contributed by atoms with Gasteiger partial charge in [-0.15, -0.1) is 0 Å². The number of benzene rings is 1. The predicted octanol–water partition coefficient (Wildman–Crippen LogP) is 3.15. The van der Waals surface area contributed by atoms with Gasteiger partial charge in [-0.2, -0.15) is 0 Å². The molecule has 23 heavy (non-hydrogen) atoms. The van der Waals surface area contributed by atoms with E-state index in [4.69, 9.17) is 4.74 Å². The van der Waals surface area contributed by atoms with Gasteiger partial charge in [0.05, 0.1) is 16.9 Å². The van der Waals surface area contributed by atoms with Crippen molar-refractivity contribution in [2.45, 2.75) is 25.3 Å². The number of aromatic nitrogens is 1. The first-order chi connectivity index (χ1) is 11.2. The first-order valence-corrected chi connectivity index (χ1v) is 8.09. The van der Waals surface area contributed by atoms with Crippen LogP contribution in [0.5, 0.6) is 0 Å². The molecule has 6 nitrogen and oxygen atoms in total. The molecule has 1 aliphatic heterocycles. The van der Waals surface area contributed by atoms with Crippen molar-refractivity contribution < 1.29 is 9.66 Å². The second kappa shape index (κ2) is 5.77. The molecule has 0 amide bonds. The van der Waals surface area contributed by atoms with E-state index in [1.807, 2.05) is 12.1 Å². The van der Waals surface area contributed by atoms with Crippen molar-refractivity contribution in [1.82, 2.24) is 4.98 Å². The van der Waals surface area contributed by atoms with E-state index in [0.29, 0.717) is 17.3 Å². The van der Waals surface area contributed by atoms with Crippen LogP contribution in [0.4, 0.5) is 11.4 Å². The Morgan fingerprint density at radius 2 is 2.13 bits per heavy atom. The van der Waals surface area contributed by atoms with Gasteiger partial charge in [-0.25, -0.2) is 0 Å². The van der Waals surface area contributed by atoms with Gasteiger partial charge in [-0.3, -0.25) is 15.1 Å².